The van der Waals surface area contributed by atoms with E-state index in [1.165, 1.54) is 270 Å². The molecule has 19 heteroatoms. The molecule has 96 heavy (non-hydrogen) atoms. The van der Waals surface area contributed by atoms with E-state index < -0.39 is 124 Å². The fraction of sp³-hybridized carbons (Fsp3) is 0.961. The summed E-state index contributed by atoms with van der Waals surface area (Å²) in [7, 11) is 0. The van der Waals surface area contributed by atoms with Crippen molar-refractivity contribution in [1.82, 2.24) is 5.32 Å². The number of aliphatic hydroxyl groups excluding tert-OH is 11. The van der Waals surface area contributed by atoms with Crippen LogP contribution in [0.1, 0.15) is 341 Å². The molecule has 3 saturated heterocycles. The number of hydrogen-bond donors (Lipinski definition) is 12. The minimum Gasteiger partial charge on any atom is -0.394 e. The third-order valence-corrected chi connectivity index (χ3v) is 20.3. The summed E-state index contributed by atoms with van der Waals surface area (Å²) in [6, 6.07) is -0.970. The number of nitrogens with one attached hydrogen (secondary N) is 1. The van der Waals surface area contributed by atoms with Crippen LogP contribution in [0.3, 0.4) is 0 Å². The average molecular weight is 1380 g/mol. The summed E-state index contributed by atoms with van der Waals surface area (Å²) in [5, 5.41) is 121. The summed E-state index contributed by atoms with van der Waals surface area (Å²) in [6.07, 6.45) is 42.0. The van der Waals surface area contributed by atoms with Crippen molar-refractivity contribution < 1.29 is 89.4 Å². The topological polar surface area (TPSA) is 307 Å². The minimum atomic E-state index is -1.98. The second-order valence-corrected chi connectivity index (χ2v) is 28.9. The molecular formula is C77H147NO18. The second kappa shape index (κ2) is 59.0. The van der Waals surface area contributed by atoms with Crippen LogP contribution in [0.4, 0.5) is 0 Å². The largest absolute Gasteiger partial charge is 0.394 e. The zero-order valence-corrected chi connectivity index (χ0v) is 60.6. The van der Waals surface area contributed by atoms with Crippen LogP contribution >= 0.6 is 0 Å². The summed E-state index contributed by atoms with van der Waals surface area (Å²) in [6.45, 7) is 1.80. The number of aliphatic hydroxyl groups is 11. The van der Waals surface area contributed by atoms with Crippen molar-refractivity contribution in [2.24, 2.45) is 0 Å². The molecule has 0 aliphatic carbocycles. The van der Waals surface area contributed by atoms with E-state index in [0.717, 1.165) is 44.9 Å². The Balaban J connectivity index is 1.38. The normalized spacial score (nSPS) is 27.0. The van der Waals surface area contributed by atoms with E-state index in [9.17, 15) is 61.0 Å². The van der Waals surface area contributed by atoms with Crippen molar-refractivity contribution >= 4 is 5.91 Å². The zero-order valence-electron chi connectivity index (χ0n) is 60.6. The van der Waals surface area contributed by atoms with Gasteiger partial charge in [0.15, 0.2) is 18.9 Å². The van der Waals surface area contributed by atoms with E-state index >= 15 is 0 Å². The van der Waals surface area contributed by atoms with Crippen molar-refractivity contribution in [1.29, 1.82) is 0 Å². The first-order valence-corrected chi connectivity index (χ1v) is 39.9. The molecule has 12 N–H and O–H groups in total. The third kappa shape index (κ3) is 39.3. The summed E-state index contributed by atoms with van der Waals surface area (Å²) in [5.74, 6) is -0.267. The van der Waals surface area contributed by atoms with Gasteiger partial charge < -0.3 is 89.9 Å². The molecule has 0 bridgehead atoms. The van der Waals surface area contributed by atoms with Crippen LogP contribution in [-0.2, 0) is 33.2 Å². The molecule has 0 aromatic rings. The van der Waals surface area contributed by atoms with Crippen LogP contribution in [0, 0.1) is 0 Å². The van der Waals surface area contributed by atoms with Crippen molar-refractivity contribution in [2.45, 2.75) is 446 Å². The van der Waals surface area contributed by atoms with Gasteiger partial charge in [-0.3, -0.25) is 4.79 Å². The van der Waals surface area contributed by atoms with Gasteiger partial charge in [0.2, 0.25) is 5.91 Å². The zero-order chi connectivity index (χ0) is 69.6. The van der Waals surface area contributed by atoms with Gasteiger partial charge in [0.05, 0.1) is 38.6 Å². The molecule has 0 radical (unpaired) electrons. The third-order valence-electron chi connectivity index (χ3n) is 20.3. The first kappa shape index (κ1) is 88.7. The Morgan fingerprint density at radius 3 is 0.979 bits per heavy atom. The Morgan fingerprint density at radius 1 is 0.365 bits per heavy atom. The van der Waals surface area contributed by atoms with Crippen molar-refractivity contribution in [2.75, 3.05) is 26.4 Å². The van der Waals surface area contributed by atoms with Gasteiger partial charge in [0.1, 0.15) is 73.2 Å². The van der Waals surface area contributed by atoms with Gasteiger partial charge in [-0.15, -0.1) is 0 Å². The molecule has 17 unspecified atom stereocenters. The standard InChI is InChI=1S/C77H147NO18/c1-3-5-7-9-11-13-15-17-19-21-23-25-27-28-29-30-31-32-33-34-36-38-40-42-44-46-48-50-52-54-61(82)60(78-65(83)55-53-51-49-47-45-43-41-39-37-35-26-24-22-20-18-16-14-12-10-8-6-4-2)59-91-75-71(89)68(86)73(63(57-80)93-75)96-77-72(90)69(87)74(64(58-81)94-77)95-76-70(88)67(85)66(84)62(56-79)92-76/h52,54,60-64,66-77,79-82,84-90H,3-51,53,55-59H2,1-2H3,(H,78,83)/b54-52+. The first-order chi connectivity index (χ1) is 46.8. The van der Waals surface area contributed by atoms with Gasteiger partial charge in [-0.05, 0) is 19.3 Å². The number of ether oxygens (including phenoxy) is 6. The predicted molar refractivity (Wildman–Crippen MR) is 379 cm³/mol. The number of hydrogen-bond acceptors (Lipinski definition) is 18. The van der Waals surface area contributed by atoms with Crippen LogP contribution in [-0.4, -0.2) is 193 Å². The summed E-state index contributed by atoms with van der Waals surface area (Å²) in [5.41, 5.74) is 0. The second-order valence-electron chi connectivity index (χ2n) is 28.9. The van der Waals surface area contributed by atoms with Crippen LogP contribution in [0.15, 0.2) is 12.2 Å². The molecule has 3 fully saturated rings. The van der Waals surface area contributed by atoms with Crippen LogP contribution in [0.25, 0.3) is 0 Å². The Kier molecular flexibility index (Phi) is 54.5. The summed E-state index contributed by atoms with van der Waals surface area (Å²) >= 11 is 0. The maximum atomic E-state index is 13.5. The van der Waals surface area contributed by atoms with Gasteiger partial charge in [-0.1, -0.05) is 328 Å². The van der Waals surface area contributed by atoms with Gasteiger partial charge in [-0.2, -0.15) is 0 Å². The predicted octanol–water partition coefficient (Wildman–Crippen LogP) is 12.8. The molecule has 0 aromatic heterocycles. The van der Waals surface area contributed by atoms with E-state index in [4.69, 9.17) is 28.4 Å². The Bertz CT molecular complexity index is 1790. The Labute approximate surface area is 582 Å². The number of carbonyl (C=O) groups is 1. The van der Waals surface area contributed by atoms with Gasteiger partial charge >= 0.3 is 0 Å². The number of allylic oxidation sites excluding steroid dienone is 1. The van der Waals surface area contributed by atoms with E-state index in [2.05, 4.69) is 19.2 Å². The summed E-state index contributed by atoms with van der Waals surface area (Å²) in [4.78, 5) is 13.5. The van der Waals surface area contributed by atoms with E-state index in [0.29, 0.717) is 6.42 Å². The smallest absolute Gasteiger partial charge is 0.220 e. The highest BCUT2D eigenvalue weighted by Crippen LogP contribution is 2.33. The van der Waals surface area contributed by atoms with Crippen molar-refractivity contribution in [3.8, 4) is 0 Å². The fourth-order valence-corrected chi connectivity index (χ4v) is 13.9. The molecule has 0 spiro atoms. The van der Waals surface area contributed by atoms with Crippen molar-refractivity contribution in [3.05, 3.63) is 12.2 Å². The maximum absolute atomic E-state index is 13.5. The SMILES string of the molecule is CCCCCCCCCCCCCCCCCCCCCCCCCCCCC/C=C/C(O)C(COC1OC(CO)C(OC2OC(CO)C(OC3OC(CO)C(O)C(O)C3O)C(O)C2O)C(O)C1O)NC(=O)CCCCCCCCCCCCCCCCCCCCCCCC. The van der Waals surface area contributed by atoms with Gasteiger partial charge in [-0.25, -0.2) is 0 Å². The van der Waals surface area contributed by atoms with Crippen LogP contribution in [0.2, 0.25) is 0 Å². The number of rotatable bonds is 64. The van der Waals surface area contributed by atoms with Crippen LogP contribution in [0.5, 0.6) is 0 Å². The molecular weight excluding hydrogens is 1230 g/mol. The first-order valence-electron chi connectivity index (χ1n) is 39.9. The lowest BCUT2D eigenvalue weighted by Gasteiger charge is -2.48. The highest BCUT2D eigenvalue weighted by Gasteiger charge is 2.54. The molecule has 0 saturated carbocycles. The molecule has 0 aromatic carbocycles. The maximum Gasteiger partial charge on any atom is 0.220 e. The van der Waals surface area contributed by atoms with E-state index in [-0.39, 0.29) is 18.9 Å². The average Bonchev–Trinajstić information content (AvgIpc) is 0.795. The lowest BCUT2D eigenvalue weighted by molar-refractivity contribution is -0.379. The number of amides is 1. The number of carbonyl (C=O) groups excluding carboxylic acids is 1. The molecule has 17 atom stereocenters. The Morgan fingerprint density at radius 2 is 0.646 bits per heavy atom. The van der Waals surface area contributed by atoms with Gasteiger partial charge in [0, 0.05) is 6.42 Å². The lowest BCUT2D eigenvalue weighted by Crippen LogP contribution is -2.66. The van der Waals surface area contributed by atoms with Gasteiger partial charge in [0.25, 0.3) is 0 Å². The molecule has 3 rings (SSSR count). The monoisotopic (exact) mass is 1370 g/mol. The quantitative estimate of drug-likeness (QED) is 0.0199. The molecule has 3 heterocycles. The number of unbranched alkanes of at least 4 members (excludes halogenated alkanes) is 48. The highest BCUT2D eigenvalue weighted by molar-refractivity contribution is 5.76. The molecule has 568 valence electrons. The van der Waals surface area contributed by atoms with E-state index in [1.807, 2.05) is 6.08 Å². The van der Waals surface area contributed by atoms with E-state index in [1.54, 1.807) is 6.08 Å². The highest BCUT2D eigenvalue weighted by atomic mass is 16.8. The van der Waals surface area contributed by atoms with Crippen LogP contribution < -0.4 is 5.32 Å². The molecule has 19 nitrogen and oxygen atoms in total. The fourth-order valence-electron chi connectivity index (χ4n) is 13.9. The minimum absolute atomic E-state index is 0.250. The Hall–Kier alpha value is -1.47. The van der Waals surface area contributed by atoms with Crippen molar-refractivity contribution in [3.63, 3.8) is 0 Å². The summed E-state index contributed by atoms with van der Waals surface area (Å²) < 4.78 is 34.5. The lowest BCUT2D eigenvalue weighted by atomic mass is 9.96. The molecule has 3 aliphatic rings. The molecule has 3 aliphatic heterocycles. The molecule has 1 amide bonds.